The van der Waals surface area contributed by atoms with Crippen LogP contribution in [-0.2, 0) is 22.6 Å². The highest BCUT2D eigenvalue weighted by molar-refractivity contribution is 5.70. The first-order valence-electron chi connectivity index (χ1n) is 10.2. The van der Waals surface area contributed by atoms with Gasteiger partial charge in [-0.2, -0.15) is 0 Å². The highest BCUT2D eigenvalue weighted by Gasteiger charge is 2.46. The maximum Gasteiger partial charge on any atom is 0.332 e. The molecule has 1 saturated heterocycles. The molecule has 1 aliphatic rings. The number of fused-ring (bicyclic) bond motifs is 1. The molecule has 0 amide bonds. The Morgan fingerprint density at radius 1 is 1.17 bits per heavy atom. The Hall–Kier alpha value is -2.50. The van der Waals surface area contributed by atoms with Crippen LogP contribution in [0.2, 0.25) is 0 Å². The van der Waals surface area contributed by atoms with Crippen molar-refractivity contribution in [2.75, 3.05) is 7.05 Å². The third kappa shape index (κ3) is 3.92. The molecule has 0 aromatic carbocycles. The van der Waals surface area contributed by atoms with Gasteiger partial charge in [0.1, 0.15) is 12.2 Å². The number of aliphatic hydroxyl groups excluding tert-OH is 2. The zero-order valence-corrected chi connectivity index (χ0v) is 17.5. The third-order valence-corrected chi connectivity index (χ3v) is 5.18. The van der Waals surface area contributed by atoms with Gasteiger partial charge in [-0.3, -0.25) is 23.5 Å². The molecule has 0 spiro atoms. The highest BCUT2D eigenvalue weighted by atomic mass is 16.7. The summed E-state index contributed by atoms with van der Waals surface area (Å²) in [6.07, 6.45) is 0.603. The molecular weight excluding hydrogens is 394 g/mol. The lowest BCUT2D eigenvalue weighted by molar-refractivity contribution is -0.129. The van der Waals surface area contributed by atoms with E-state index >= 15 is 0 Å². The van der Waals surface area contributed by atoms with E-state index in [9.17, 15) is 19.8 Å². The number of hydrogen-bond acceptors (Lipinski definition) is 8. The van der Waals surface area contributed by atoms with Gasteiger partial charge in [0.05, 0.1) is 6.33 Å². The molecule has 2 aromatic rings. The van der Waals surface area contributed by atoms with Gasteiger partial charge in [-0.05, 0) is 12.8 Å². The lowest BCUT2D eigenvalue weighted by Crippen LogP contribution is -2.41. The SMILES string of the molecule is CCCCn1c(=O)c2c(ncn2[C@@H]2O[C@H](OC=NC)[C@H](O)C2O)n(CCCC)c1=O. The second-order valence-corrected chi connectivity index (χ2v) is 7.30. The van der Waals surface area contributed by atoms with Gasteiger partial charge >= 0.3 is 5.69 Å². The summed E-state index contributed by atoms with van der Waals surface area (Å²) < 4.78 is 14.9. The van der Waals surface area contributed by atoms with E-state index in [4.69, 9.17) is 9.47 Å². The first-order chi connectivity index (χ1) is 14.5. The average Bonchev–Trinajstić information content (AvgIpc) is 3.28. The van der Waals surface area contributed by atoms with E-state index in [0.29, 0.717) is 13.0 Å². The van der Waals surface area contributed by atoms with E-state index < -0.39 is 36.0 Å². The first kappa shape index (κ1) is 22.2. The number of unbranched alkanes of at least 4 members (excludes halogenated alkanes) is 2. The molecule has 11 heteroatoms. The molecule has 4 atom stereocenters. The Labute approximate surface area is 173 Å². The van der Waals surface area contributed by atoms with Crippen molar-refractivity contribution in [2.45, 2.75) is 77.3 Å². The standard InChI is InChI=1S/C19H29N5O6/c1-4-6-8-22-15-12(16(27)23(19(22)28)9-7-5-2)24(10-21-15)17-13(25)14(26)18(30-17)29-11-20-3/h10-11,13-14,17-18,25-26H,4-9H2,1-3H3/t13?,14-,17-,18+/m1/s1. The zero-order chi connectivity index (χ0) is 21.8. The summed E-state index contributed by atoms with van der Waals surface area (Å²) in [5.74, 6) is 0. The molecule has 0 bridgehead atoms. The van der Waals surface area contributed by atoms with Gasteiger partial charge in [-0.1, -0.05) is 26.7 Å². The monoisotopic (exact) mass is 423 g/mol. The van der Waals surface area contributed by atoms with Gasteiger partial charge in [0.15, 0.2) is 23.8 Å². The van der Waals surface area contributed by atoms with Crippen LogP contribution in [0.5, 0.6) is 0 Å². The summed E-state index contributed by atoms with van der Waals surface area (Å²) >= 11 is 0. The lowest BCUT2D eigenvalue weighted by atomic mass is 10.2. The zero-order valence-electron chi connectivity index (χ0n) is 17.5. The van der Waals surface area contributed by atoms with Crippen LogP contribution in [0.25, 0.3) is 11.2 Å². The molecule has 0 radical (unpaired) electrons. The van der Waals surface area contributed by atoms with Crippen LogP contribution in [0, 0.1) is 0 Å². The fourth-order valence-corrected chi connectivity index (χ4v) is 3.52. The number of ether oxygens (including phenoxy) is 2. The van der Waals surface area contributed by atoms with Crippen molar-refractivity contribution in [1.29, 1.82) is 0 Å². The van der Waals surface area contributed by atoms with Crippen LogP contribution in [-0.4, -0.2) is 60.8 Å². The molecule has 1 unspecified atom stereocenters. The number of aromatic nitrogens is 4. The number of aryl methyl sites for hydroxylation is 1. The minimum absolute atomic E-state index is 0.142. The summed E-state index contributed by atoms with van der Waals surface area (Å²) in [7, 11) is 1.49. The predicted octanol–water partition coefficient (Wildman–Crippen LogP) is 0.211. The van der Waals surface area contributed by atoms with Crippen molar-refractivity contribution in [2.24, 2.45) is 4.99 Å². The van der Waals surface area contributed by atoms with Gasteiger partial charge in [-0.15, -0.1) is 0 Å². The van der Waals surface area contributed by atoms with E-state index in [2.05, 4.69) is 9.98 Å². The van der Waals surface area contributed by atoms with Gasteiger partial charge in [0, 0.05) is 20.1 Å². The summed E-state index contributed by atoms with van der Waals surface area (Å²) in [6, 6.07) is 0. The molecule has 2 aromatic heterocycles. The molecular formula is C19H29N5O6. The van der Waals surface area contributed by atoms with Crippen LogP contribution < -0.4 is 11.2 Å². The Bertz CT molecular complexity index is 1010. The number of imidazole rings is 1. The minimum atomic E-state index is -1.36. The smallest absolute Gasteiger partial charge is 0.332 e. The summed E-state index contributed by atoms with van der Waals surface area (Å²) in [4.78, 5) is 34.1. The van der Waals surface area contributed by atoms with E-state index in [1.165, 1.54) is 27.1 Å². The Morgan fingerprint density at radius 2 is 1.83 bits per heavy atom. The minimum Gasteiger partial charge on any atom is -0.452 e. The van der Waals surface area contributed by atoms with Crippen molar-refractivity contribution >= 4 is 17.6 Å². The van der Waals surface area contributed by atoms with Crippen LogP contribution in [0.4, 0.5) is 0 Å². The van der Waals surface area contributed by atoms with Gasteiger partial charge < -0.3 is 19.7 Å². The number of aliphatic hydroxyl groups is 2. The molecule has 166 valence electrons. The molecule has 1 aliphatic heterocycles. The maximum atomic E-state index is 13.2. The molecule has 0 aliphatic carbocycles. The first-order valence-corrected chi connectivity index (χ1v) is 10.2. The second-order valence-electron chi connectivity index (χ2n) is 7.30. The van der Waals surface area contributed by atoms with Crippen LogP contribution in [0.1, 0.15) is 45.8 Å². The van der Waals surface area contributed by atoms with Gasteiger partial charge in [0.2, 0.25) is 6.29 Å². The number of aliphatic imine (C=N–C) groups is 1. The van der Waals surface area contributed by atoms with Crippen molar-refractivity contribution < 1.29 is 19.7 Å². The number of rotatable bonds is 9. The number of nitrogens with zero attached hydrogens (tertiary/aromatic N) is 5. The van der Waals surface area contributed by atoms with E-state index in [1.54, 1.807) is 0 Å². The summed E-state index contributed by atoms with van der Waals surface area (Å²) in [5.41, 5.74) is -0.523. The fourth-order valence-electron chi connectivity index (χ4n) is 3.52. The van der Waals surface area contributed by atoms with Crippen LogP contribution in [0.3, 0.4) is 0 Å². The number of hydrogen-bond donors (Lipinski definition) is 2. The van der Waals surface area contributed by atoms with Crippen LogP contribution >= 0.6 is 0 Å². The van der Waals surface area contributed by atoms with Crippen molar-refractivity contribution in [1.82, 2.24) is 18.7 Å². The molecule has 3 heterocycles. The van der Waals surface area contributed by atoms with E-state index in [-0.39, 0.29) is 17.7 Å². The van der Waals surface area contributed by atoms with Crippen molar-refractivity contribution in [3.05, 3.63) is 27.2 Å². The van der Waals surface area contributed by atoms with E-state index in [1.807, 2.05) is 13.8 Å². The second kappa shape index (κ2) is 9.54. The fraction of sp³-hybridized carbons (Fsp3) is 0.684. The molecule has 30 heavy (non-hydrogen) atoms. The van der Waals surface area contributed by atoms with Crippen molar-refractivity contribution in [3.63, 3.8) is 0 Å². The normalized spacial score (nSPS) is 24.3. The molecule has 0 saturated carbocycles. The third-order valence-electron chi connectivity index (χ3n) is 5.18. The van der Waals surface area contributed by atoms with Gasteiger partial charge in [-0.25, -0.2) is 9.78 Å². The molecule has 11 nitrogen and oxygen atoms in total. The Kier molecular flexibility index (Phi) is 7.06. The summed E-state index contributed by atoms with van der Waals surface area (Å²) in [6.45, 7) is 4.70. The predicted molar refractivity (Wildman–Crippen MR) is 109 cm³/mol. The largest absolute Gasteiger partial charge is 0.452 e. The quantitative estimate of drug-likeness (QED) is 0.435. The van der Waals surface area contributed by atoms with Crippen molar-refractivity contribution in [3.8, 4) is 0 Å². The van der Waals surface area contributed by atoms with E-state index in [0.717, 1.165) is 25.7 Å². The highest BCUT2D eigenvalue weighted by Crippen LogP contribution is 2.31. The van der Waals surface area contributed by atoms with Crippen LogP contribution in [0.15, 0.2) is 20.9 Å². The maximum absolute atomic E-state index is 13.2. The molecule has 2 N–H and O–H groups in total. The van der Waals surface area contributed by atoms with Gasteiger partial charge in [0.25, 0.3) is 5.56 Å². The Balaban J connectivity index is 2.13. The topological polar surface area (TPSA) is 133 Å². The average molecular weight is 423 g/mol. The Morgan fingerprint density at radius 3 is 2.47 bits per heavy atom. The summed E-state index contributed by atoms with van der Waals surface area (Å²) in [5, 5.41) is 20.7. The molecule has 1 fully saturated rings. The lowest BCUT2D eigenvalue weighted by Gasteiger charge is -2.17. The molecule has 3 rings (SSSR count).